The molecular formula is C29H28O3. The number of phenols is 3. The van der Waals surface area contributed by atoms with Crippen molar-refractivity contribution in [3.8, 4) is 17.2 Å². The Hall–Kier alpha value is -3.72. The Bertz CT molecular complexity index is 1070. The Morgan fingerprint density at radius 2 is 0.812 bits per heavy atom. The van der Waals surface area contributed by atoms with Crippen LogP contribution in [0.2, 0.25) is 0 Å². The highest BCUT2D eigenvalue weighted by molar-refractivity contribution is 5.42. The number of hydrogen-bond acceptors (Lipinski definition) is 3. The van der Waals surface area contributed by atoms with Crippen molar-refractivity contribution in [2.24, 2.45) is 0 Å². The lowest BCUT2D eigenvalue weighted by Gasteiger charge is -2.36. The van der Waals surface area contributed by atoms with Crippen LogP contribution < -0.4 is 0 Å². The van der Waals surface area contributed by atoms with Gasteiger partial charge in [-0.05, 0) is 84.3 Å². The van der Waals surface area contributed by atoms with Gasteiger partial charge in [0, 0.05) is 5.41 Å². The van der Waals surface area contributed by atoms with E-state index in [1.807, 2.05) is 42.5 Å². The fourth-order valence-corrected chi connectivity index (χ4v) is 4.45. The van der Waals surface area contributed by atoms with Crippen LogP contribution in [-0.4, -0.2) is 15.3 Å². The topological polar surface area (TPSA) is 60.7 Å². The summed E-state index contributed by atoms with van der Waals surface area (Å²) in [6.07, 6.45) is 3.46. The number of aryl methyl sites for hydroxylation is 2. The summed E-state index contributed by atoms with van der Waals surface area (Å²) in [7, 11) is 0. The van der Waals surface area contributed by atoms with Crippen LogP contribution >= 0.6 is 0 Å². The van der Waals surface area contributed by atoms with Gasteiger partial charge < -0.3 is 15.3 Å². The zero-order valence-corrected chi connectivity index (χ0v) is 18.0. The number of rotatable bonds is 8. The van der Waals surface area contributed by atoms with Gasteiger partial charge in [0.2, 0.25) is 0 Å². The van der Waals surface area contributed by atoms with E-state index in [9.17, 15) is 15.3 Å². The first-order valence-electron chi connectivity index (χ1n) is 11.0. The average molecular weight is 425 g/mol. The Morgan fingerprint density at radius 1 is 0.438 bits per heavy atom. The van der Waals surface area contributed by atoms with Gasteiger partial charge in [-0.25, -0.2) is 0 Å². The van der Waals surface area contributed by atoms with Crippen LogP contribution in [0.1, 0.15) is 35.1 Å². The van der Waals surface area contributed by atoms with Gasteiger partial charge >= 0.3 is 0 Å². The van der Waals surface area contributed by atoms with Crippen LogP contribution in [0.25, 0.3) is 0 Å². The molecule has 3 N–H and O–H groups in total. The molecule has 3 nitrogen and oxygen atoms in total. The van der Waals surface area contributed by atoms with E-state index < -0.39 is 0 Å². The van der Waals surface area contributed by atoms with Gasteiger partial charge in [-0.15, -0.1) is 0 Å². The zero-order chi connectivity index (χ0) is 22.4. The van der Waals surface area contributed by atoms with Crippen molar-refractivity contribution >= 4 is 0 Å². The summed E-state index contributed by atoms with van der Waals surface area (Å²) in [4.78, 5) is 0. The van der Waals surface area contributed by atoms with Gasteiger partial charge in [0.1, 0.15) is 17.2 Å². The second-order valence-corrected chi connectivity index (χ2v) is 8.33. The first-order chi connectivity index (χ1) is 15.5. The summed E-state index contributed by atoms with van der Waals surface area (Å²) >= 11 is 0. The molecule has 0 aliphatic heterocycles. The second-order valence-electron chi connectivity index (χ2n) is 8.33. The molecule has 0 aliphatic rings. The van der Waals surface area contributed by atoms with E-state index in [4.69, 9.17) is 0 Å². The largest absolute Gasteiger partial charge is 0.508 e. The maximum atomic E-state index is 9.91. The van der Waals surface area contributed by atoms with Crippen LogP contribution in [0.5, 0.6) is 17.2 Å². The fraction of sp³-hybridized carbons (Fsp3) is 0.172. The molecule has 0 bridgehead atoms. The van der Waals surface area contributed by atoms with Crippen molar-refractivity contribution in [1.82, 2.24) is 0 Å². The predicted molar refractivity (Wildman–Crippen MR) is 128 cm³/mol. The van der Waals surface area contributed by atoms with Gasteiger partial charge in [0.25, 0.3) is 0 Å². The third kappa shape index (κ3) is 4.94. The number of aromatic hydroxyl groups is 3. The molecule has 0 saturated heterocycles. The zero-order valence-electron chi connectivity index (χ0n) is 18.0. The van der Waals surface area contributed by atoms with Crippen molar-refractivity contribution < 1.29 is 15.3 Å². The van der Waals surface area contributed by atoms with Crippen molar-refractivity contribution in [2.45, 2.75) is 31.1 Å². The molecule has 0 atom stereocenters. The molecule has 3 heteroatoms. The van der Waals surface area contributed by atoms with Crippen LogP contribution in [0.4, 0.5) is 0 Å². The standard InChI is InChI=1S/C29H28O3/c30-26-12-6-22(7-13-26)18-20-29(24-4-2-1-3-5-24,25-10-16-28(32)17-11-25)21-19-23-8-14-27(31)15-9-23/h1-17,30-32H,18-21H2. The van der Waals surface area contributed by atoms with Crippen LogP contribution in [0, 0.1) is 0 Å². The molecular weight excluding hydrogens is 396 g/mol. The summed E-state index contributed by atoms with van der Waals surface area (Å²) in [5.41, 5.74) is 4.49. The fourth-order valence-electron chi connectivity index (χ4n) is 4.45. The van der Waals surface area contributed by atoms with Crippen LogP contribution in [0.3, 0.4) is 0 Å². The van der Waals surface area contributed by atoms with E-state index in [2.05, 4.69) is 24.3 Å². The maximum Gasteiger partial charge on any atom is 0.115 e. The predicted octanol–water partition coefficient (Wildman–Crippen LogP) is 6.36. The molecule has 0 spiro atoms. The monoisotopic (exact) mass is 424 g/mol. The first kappa shape index (κ1) is 21.5. The third-order valence-electron chi connectivity index (χ3n) is 6.30. The molecule has 0 aromatic heterocycles. The average Bonchev–Trinajstić information content (AvgIpc) is 2.83. The minimum absolute atomic E-state index is 0.257. The number of phenolic OH excluding ortho intramolecular Hbond substituents is 3. The minimum atomic E-state index is -0.259. The van der Waals surface area contributed by atoms with Crippen molar-refractivity contribution in [3.05, 3.63) is 125 Å². The Kier molecular flexibility index (Phi) is 6.46. The van der Waals surface area contributed by atoms with Gasteiger partial charge in [-0.2, -0.15) is 0 Å². The lowest BCUT2D eigenvalue weighted by molar-refractivity contribution is 0.433. The van der Waals surface area contributed by atoms with Gasteiger partial charge in [0.15, 0.2) is 0 Å². The highest BCUT2D eigenvalue weighted by Gasteiger charge is 2.33. The third-order valence-corrected chi connectivity index (χ3v) is 6.30. The number of hydrogen-bond donors (Lipinski definition) is 3. The van der Waals surface area contributed by atoms with Crippen molar-refractivity contribution in [2.75, 3.05) is 0 Å². The van der Waals surface area contributed by atoms with E-state index in [-0.39, 0.29) is 22.7 Å². The summed E-state index contributed by atoms with van der Waals surface area (Å²) < 4.78 is 0. The Labute approximate surface area is 189 Å². The molecule has 0 fully saturated rings. The first-order valence-corrected chi connectivity index (χ1v) is 11.0. The van der Waals surface area contributed by atoms with E-state index in [0.29, 0.717) is 0 Å². The van der Waals surface area contributed by atoms with E-state index in [1.165, 1.54) is 22.3 Å². The lowest BCUT2D eigenvalue weighted by atomic mass is 9.67. The summed E-state index contributed by atoms with van der Waals surface area (Å²) in [5.74, 6) is 0.802. The maximum absolute atomic E-state index is 9.91. The Morgan fingerprint density at radius 3 is 1.25 bits per heavy atom. The molecule has 32 heavy (non-hydrogen) atoms. The molecule has 4 aromatic rings. The SMILES string of the molecule is Oc1ccc(CCC(CCc2ccc(O)cc2)(c2ccccc2)c2ccc(O)cc2)cc1. The quantitative estimate of drug-likeness (QED) is 0.309. The molecule has 0 unspecified atom stereocenters. The minimum Gasteiger partial charge on any atom is -0.508 e. The molecule has 0 heterocycles. The smallest absolute Gasteiger partial charge is 0.115 e. The molecule has 0 aliphatic carbocycles. The van der Waals surface area contributed by atoms with Crippen LogP contribution in [-0.2, 0) is 18.3 Å². The molecule has 4 rings (SSSR count). The highest BCUT2D eigenvalue weighted by atomic mass is 16.3. The van der Waals surface area contributed by atoms with E-state index in [1.54, 1.807) is 36.4 Å². The highest BCUT2D eigenvalue weighted by Crippen LogP contribution is 2.41. The summed E-state index contributed by atoms with van der Waals surface area (Å²) in [6.45, 7) is 0. The van der Waals surface area contributed by atoms with Crippen molar-refractivity contribution in [3.63, 3.8) is 0 Å². The Balaban J connectivity index is 1.74. The normalized spacial score (nSPS) is 11.4. The molecule has 0 saturated carbocycles. The van der Waals surface area contributed by atoms with E-state index >= 15 is 0 Å². The molecule has 162 valence electrons. The lowest BCUT2D eigenvalue weighted by Crippen LogP contribution is -2.29. The van der Waals surface area contributed by atoms with Gasteiger partial charge in [-0.3, -0.25) is 0 Å². The van der Waals surface area contributed by atoms with Crippen molar-refractivity contribution in [1.29, 1.82) is 0 Å². The molecule has 0 amide bonds. The summed E-state index contributed by atoms with van der Waals surface area (Å²) in [5, 5.41) is 29.2. The van der Waals surface area contributed by atoms with E-state index in [0.717, 1.165) is 25.7 Å². The molecule has 4 aromatic carbocycles. The van der Waals surface area contributed by atoms with Crippen LogP contribution in [0.15, 0.2) is 103 Å². The summed E-state index contributed by atoms with van der Waals surface area (Å²) in [6, 6.07) is 32.9. The van der Waals surface area contributed by atoms with Gasteiger partial charge in [0.05, 0.1) is 0 Å². The number of benzene rings is 4. The molecule has 0 radical (unpaired) electrons. The second kappa shape index (κ2) is 9.61. The van der Waals surface area contributed by atoms with Gasteiger partial charge in [-0.1, -0.05) is 66.7 Å².